The molecule has 0 spiro atoms. The molecular weight excluding hydrogens is 524 g/mol. The van der Waals surface area contributed by atoms with Crippen LogP contribution in [0.25, 0.3) is 5.65 Å². The van der Waals surface area contributed by atoms with Crippen LogP contribution in [0.4, 0.5) is 22.4 Å². The Morgan fingerprint density at radius 3 is 2.72 bits per heavy atom. The molecule has 3 amide bonds. The molecule has 39 heavy (non-hydrogen) atoms. The number of nitrogens with zero attached hydrogens (tertiary/aromatic N) is 6. The van der Waals surface area contributed by atoms with Gasteiger partial charge < -0.3 is 15.5 Å². The summed E-state index contributed by atoms with van der Waals surface area (Å²) in [5.41, 5.74) is 1.68. The van der Waals surface area contributed by atoms with Crippen LogP contribution in [0.2, 0.25) is 0 Å². The Hall–Kier alpha value is -3.78. The fraction of sp³-hybridized carbons (Fsp3) is 0.583. The third kappa shape index (κ3) is 4.78. The smallest absolute Gasteiger partial charge is 0.317 e. The van der Waals surface area contributed by atoms with E-state index in [-0.39, 0.29) is 62.6 Å². The van der Waals surface area contributed by atoms with Crippen molar-refractivity contribution >= 4 is 17.6 Å². The SMILES string of the molecule is Cc1nonc1C(=O)N[C@H](c1cn2ncc(CN3C[C@H]4[C@@H](CNC3=O)C4(F)F)cc2n1)C1CCC(F)(F)CC1. The first-order valence-electron chi connectivity index (χ1n) is 12.7. The minimum Gasteiger partial charge on any atom is -0.342 e. The molecule has 6 rings (SSSR count). The van der Waals surface area contributed by atoms with Crippen LogP contribution in [-0.2, 0) is 6.54 Å². The fourth-order valence-corrected chi connectivity index (χ4v) is 5.62. The van der Waals surface area contributed by atoms with Crippen molar-refractivity contribution in [3.63, 3.8) is 0 Å². The quantitative estimate of drug-likeness (QED) is 0.451. The zero-order valence-electron chi connectivity index (χ0n) is 20.9. The largest absolute Gasteiger partial charge is 0.342 e. The molecule has 3 aromatic rings. The maximum atomic E-state index is 13.9. The van der Waals surface area contributed by atoms with Gasteiger partial charge in [-0.05, 0) is 42.5 Å². The first kappa shape index (κ1) is 25.5. The van der Waals surface area contributed by atoms with E-state index in [1.807, 2.05) is 0 Å². The second-order valence-electron chi connectivity index (χ2n) is 10.6. The summed E-state index contributed by atoms with van der Waals surface area (Å²) in [6, 6.07) is 0.549. The summed E-state index contributed by atoms with van der Waals surface area (Å²) in [4.78, 5) is 31.3. The normalized spacial score (nSPS) is 25.1. The van der Waals surface area contributed by atoms with Gasteiger partial charge in [-0.3, -0.25) is 4.79 Å². The fourth-order valence-electron chi connectivity index (χ4n) is 5.62. The van der Waals surface area contributed by atoms with Gasteiger partial charge in [-0.15, -0.1) is 0 Å². The topological polar surface area (TPSA) is 131 Å². The summed E-state index contributed by atoms with van der Waals surface area (Å²) in [7, 11) is 0. The Bertz CT molecular complexity index is 1420. The molecular formula is C24H26F4N8O3. The maximum absolute atomic E-state index is 13.9. The number of carbonyl (C=O) groups excluding carboxylic acids is 2. The summed E-state index contributed by atoms with van der Waals surface area (Å²) < 4.78 is 61.7. The van der Waals surface area contributed by atoms with E-state index < -0.39 is 41.7 Å². The van der Waals surface area contributed by atoms with Crippen molar-refractivity contribution in [2.45, 2.75) is 57.0 Å². The lowest BCUT2D eigenvalue weighted by Gasteiger charge is -2.33. The number of alkyl halides is 4. The zero-order chi connectivity index (χ0) is 27.5. The van der Waals surface area contributed by atoms with Gasteiger partial charge >= 0.3 is 6.03 Å². The highest BCUT2D eigenvalue weighted by Gasteiger charge is 2.69. The average Bonchev–Trinajstić information content (AvgIpc) is 3.20. The minimum atomic E-state index is -2.78. The van der Waals surface area contributed by atoms with Gasteiger partial charge in [0, 0.05) is 32.5 Å². The molecule has 0 bridgehead atoms. The van der Waals surface area contributed by atoms with Crippen LogP contribution in [0.15, 0.2) is 23.1 Å². The van der Waals surface area contributed by atoms with Crippen molar-refractivity contribution in [2.75, 3.05) is 13.1 Å². The van der Waals surface area contributed by atoms with E-state index >= 15 is 0 Å². The monoisotopic (exact) mass is 550 g/mol. The molecule has 208 valence electrons. The lowest BCUT2D eigenvalue weighted by atomic mass is 9.81. The van der Waals surface area contributed by atoms with Crippen LogP contribution < -0.4 is 10.6 Å². The summed E-state index contributed by atoms with van der Waals surface area (Å²) >= 11 is 0. The van der Waals surface area contributed by atoms with E-state index in [0.717, 1.165) is 0 Å². The number of aromatic nitrogens is 5. The number of fused-ring (bicyclic) bond motifs is 2. The van der Waals surface area contributed by atoms with Crippen LogP contribution >= 0.6 is 0 Å². The number of nitrogens with one attached hydrogen (secondary N) is 2. The molecule has 11 nitrogen and oxygen atoms in total. The van der Waals surface area contributed by atoms with Gasteiger partial charge in [0.2, 0.25) is 5.92 Å². The molecule has 4 heterocycles. The van der Waals surface area contributed by atoms with Crippen molar-refractivity contribution in [3.8, 4) is 0 Å². The van der Waals surface area contributed by atoms with Gasteiger partial charge in [0.25, 0.3) is 11.8 Å². The van der Waals surface area contributed by atoms with E-state index in [2.05, 4.69) is 35.7 Å². The third-order valence-corrected chi connectivity index (χ3v) is 8.02. The highest BCUT2D eigenvalue weighted by atomic mass is 19.3. The Morgan fingerprint density at radius 1 is 1.23 bits per heavy atom. The number of hydrogen-bond acceptors (Lipinski definition) is 7. The number of hydrogen-bond donors (Lipinski definition) is 2. The number of rotatable bonds is 6. The second-order valence-corrected chi connectivity index (χ2v) is 10.6. The molecule has 0 radical (unpaired) electrons. The van der Waals surface area contributed by atoms with E-state index in [9.17, 15) is 27.2 Å². The first-order valence-corrected chi connectivity index (χ1v) is 12.7. The van der Waals surface area contributed by atoms with Gasteiger partial charge in [0.05, 0.1) is 36.0 Å². The molecule has 3 fully saturated rings. The lowest BCUT2D eigenvalue weighted by Crippen LogP contribution is -2.40. The summed E-state index contributed by atoms with van der Waals surface area (Å²) in [5.74, 6) is -8.13. The van der Waals surface area contributed by atoms with Crippen molar-refractivity contribution in [2.24, 2.45) is 17.8 Å². The van der Waals surface area contributed by atoms with Crippen molar-refractivity contribution in [1.82, 2.24) is 40.4 Å². The van der Waals surface area contributed by atoms with E-state index in [0.29, 0.717) is 16.9 Å². The molecule has 3 aliphatic rings. The zero-order valence-corrected chi connectivity index (χ0v) is 20.9. The van der Waals surface area contributed by atoms with E-state index in [1.54, 1.807) is 19.2 Å². The number of halogens is 4. The van der Waals surface area contributed by atoms with Crippen molar-refractivity contribution < 1.29 is 31.8 Å². The van der Waals surface area contributed by atoms with Crippen LogP contribution in [0.3, 0.4) is 0 Å². The Labute approximate surface area is 219 Å². The van der Waals surface area contributed by atoms with Gasteiger partial charge in [-0.25, -0.2) is 36.5 Å². The van der Waals surface area contributed by atoms with Gasteiger partial charge in [-0.2, -0.15) is 5.10 Å². The maximum Gasteiger partial charge on any atom is 0.317 e. The highest BCUT2D eigenvalue weighted by molar-refractivity contribution is 5.93. The van der Waals surface area contributed by atoms with E-state index in [4.69, 9.17) is 0 Å². The third-order valence-electron chi connectivity index (χ3n) is 8.02. The molecule has 1 aliphatic heterocycles. The molecule has 2 saturated carbocycles. The molecule has 2 N–H and O–H groups in total. The summed E-state index contributed by atoms with van der Waals surface area (Å²) in [5, 5.41) is 17.0. The summed E-state index contributed by atoms with van der Waals surface area (Å²) in [6.07, 6.45) is 2.87. The van der Waals surface area contributed by atoms with Gasteiger partial charge in [0.1, 0.15) is 5.69 Å². The molecule has 2 aliphatic carbocycles. The Morgan fingerprint density at radius 2 is 2.00 bits per heavy atom. The highest BCUT2D eigenvalue weighted by Crippen LogP contribution is 2.55. The van der Waals surface area contributed by atoms with Crippen molar-refractivity contribution in [1.29, 1.82) is 0 Å². The van der Waals surface area contributed by atoms with Crippen LogP contribution in [0.5, 0.6) is 0 Å². The standard InChI is InChI=1S/C24H26F4N8O3/c1-12-19(34-39-33-12)21(37)32-20(14-2-4-23(25,26)5-3-14)17-11-36-18(31-17)6-13(7-30-36)9-35-10-16-15(24(16,27)28)8-29-22(35)38/h6-7,11,14-16,20H,2-5,8-10H2,1H3,(H,29,38)(H,32,37)/t15-,16+,20+/m1/s1. The molecule has 3 atom stereocenters. The number of urea groups is 1. The van der Waals surface area contributed by atoms with Crippen LogP contribution in [0, 0.1) is 24.7 Å². The number of amides is 3. The van der Waals surface area contributed by atoms with Gasteiger partial charge in [0.15, 0.2) is 11.3 Å². The van der Waals surface area contributed by atoms with Crippen molar-refractivity contribution in [3.05, 3.63) is 41.1 Å². The Balaban J connectivity index is 1.25. The molecule has 1 saturated heterocycles. The first-order chi connectivity index (χ1) is 18.5. The second kappa shape index (κ2) is 9.16. The Kier molecular flexibility index (Phi) is 5.99. The minimum absolute atomic E-state index is 0.00970. The van der Waals surface area contributed by atoms with E-state index in [1.165, 1.54) is 15.6 Å². The van der Waals surface area contributed by atoms with Crippen LogP contribution in [0.1, 0.15) is 59.2 Å². The van der Waals surface area contributed by atoms with Crippen LogP contribution in [-0.4, -0.2) is 66.7 Å². The number of carbonyl (C=O) groups is 2. The number of imidazole rings is 1. The van der Waals surface area contributed by atoms with Gasteiger partial charge in [-0.1, -0.05) is 5.16 Å². The predicted molar refractivity (Wildman–Crippen MR) is 125 cm³/mol. The molecule has 15 heteroatoms. The number of aryl methyl sites for hydroxylation is 1. The molecule has 3 aromatic heterocycles. The lowest BCUT2D eigenvalue weighted by molar-refractivity contribution is -0.0495. The predicted octanol–water partition coefficient (Wildman–Crippen LogP) is 3.12. The molecule has 0 aromatic carbocycles. The molecule has 0 unspecified atom stereocenters. The average molecular weight is 551 g/mol. The summed E-state index contributed by atoms with van der Waals surface area (Å²) in [6.45, 7) is 1.50.